The molecule has 13 nitrogen and oxygen atoms in total. The zero-order valence-electron chi connectivity index (χ0n) is 10.9. The summed E-state index contributed by atoms with van der Waals surface area (Å²) in [5.74, 6) is -14.2. The van der Waals surface area contributed by atoms with Crippen LogP contribution < -0.4 is 29.6 Å². The molecule has 0 aliphatic heterocycles. The predicted octanol–water partition coefficient (Wildman–Crippen LogP) is -4.91. The molecule has 0 unspecified atom stereocenters. The summed E-state index contributed by atoms with van der Waals surface area (Å²) in [7, 11) is -5.74. The fraction of sp³-hybridized carbons (Fsp3) is 0. The largest absolute Gasteiger partial charge is 1.00 e. The summed E-state index contributed by atoms with van der Waals surface area (Å²) in [4.78, 5) is 62.1. The van der Waals surface area contributed by atoms with Gasteiger partial charge in [-0.1, -0.05) is 0 Å². The Hall–Kier alpha value is -1.95. The van der Waals surface area contributed by atoms with Crippen LogP contribution in [0, 0.1) is 0 Å². The van der Waals surface area contributed by atoms with E-state index in [1.165, 1.54) is 0 Å². The van der Waals surface area contributed by atoms with Crippen molar-refractivity contribution in [2.75, 3.05) is 0 Å². The summed E-state index contributed by atoms with van der Waals surface area (Å²) in [5, 5.41) is 24.4. The fourth-order valence-corrected chi connectivity index (χ4v) is 1.43. The van der Waals surface area contributed by atoms with Gasteiger partial charge in [-0.15, -0.1) is 0 Å². The summed E-state index contributed by atoms with van der Waals surface area (Å²) in [6.45, 7) is 0. The van der Waals surface area contributed by atoms with Crippen LogP contribution in [0.4, 0.5) is 0 Å². The van der Waals surface area contributed by atoms with Crippen LogP contribution in [-0.2, 0) is 46.9 Å². The number of rotatable bonds is 3. The first-order chi connectivity index (χ1) is 8.98. The Labute approximate surface area is 137 Å². The molecule has 0 saturated carbocycles. The fourth-order valence-electron chi connectivity index (χ4n) is 0.478. The van der Waals surface area contributed by atoms with E-state index in [1.807, 2.05) is 0 Å². The van der Waals surface area contributed by atoms with Crippen LogP contribution in [0.1, 0.15) is 1.43 Å². The number of phosphoric acid groups is 1. The van der Waals surface area contributed by atoms with Gasteiger partial charge in [0.25, 0.3) is 0 Å². The van der Waals surface area contributed by atoms with E-state index >= 15 is 0 Å². The smallest absolute Gasteiger partial charge is 1.00 e. The van der Waals surface area contributed by atoms with Gasteiger partial charge in [0.2, 0.25) is 0 Å². The van der Waals surface area contributed by atoms with Crippen molar-refractivity contribution in [2.24, 2.45) is 0 Å². The van der Waals surface area contributed by atoms with E-state index in [4.69, 9.17) is 15.3 Å². The SMILES string of the molecule is O=C(O)C(=O)OP(=O)(OC(=O)C(=O)O)OC(=O)C(=O)O.[H-].[Na+]. The number of carbonyl (C=O) groups is 6. The number of phosphoric ester groups is 1. The summed E-state index contributed by atoms with van der Waals surface area (Å²) >= 11 is 0. The molecule has 0 aliphatic carbocycles. The molecule has 0 atom stereocenters. The second-order valence-electron chi connectivity index (χ2n) is 2.50. The number of carbonyl (C=O) groups excluding carboxylic acids is 3. The van der Waals surface area contributed by atoms with Crippen LogP contribution >= 0.6 is 7.82 Å². The van der Waals surface area contributed by atoms with Gasteiger partial charge in [0, 0.05) is 0 Å². The average Bonchev–Trinajstić information content (AvgIpc) is 2.27. The molecule has 0 amide bonds. The van der Waals surface area contributed by atoms with Crippen LogP contribution in [0.2, 0.25) is 0 Å². The van der Waals surface area contributed by atoms with Crippen LogP contribution in [-0.4, -0.2) is 51.1 Å². The summed E-state index contributed by atoms with van der Waals surface area (Å²) in [5.41, 5.74) is 0. The molecule has 0 heterocycles. The monoisotopic (exact) mass is 338 g/mol. The molecule has 0 aromatic heterocycles. The van der Waals surface area contributed by atoms with E-state index in [2.05, 4.69) is 13.6 Å². The summed E-state index contributed by atoms with van der Waals surface area (Å²) in [6, 6.07) is 0. The molecule has 0 spiro atoms. The van der Waals surface area contributed by atoms with Crippen molar-refractivity contribution in [3.63, 3.8) is 0 Å². The third-order valence-corrected chi connectivity index (χ3v) is 2.28. The topological polar surface area (TPSA) is 208 Å². The first-order valence-corrected chi connectivity index (χ1v) is 5.45. The molecule has 0 aromatic carbocycles. The maximum Gasteiger partial charge on any atom is 1.00 e. The molecule has 21 heavy (non-hydrogen) atoms. The van der Waals surface area contributed by atoms with Gasteiger partial charge in [0.1, 0.15) is 0 Å². The van der Waals surface area contributed by atoms with E-state index in [-0.39, 0.29) is 31.0 Å². The Morgan fingerprint density at radius 2 is 0.857 bits per heavy atom. The van der Waals surface area contributed by atoms with E-state index in [9.17, 15) is 33.3 Å². The van der Waals surface area contributed by atoms with Crippen LogP contribution in [0.3, 0.4) is 0 Å². The minimum absolute atomic E-state index is 0. The second kappa shape index (κ2) is 8.36. The number of carboxylic acid groups (broad SMARTS) is 3. The van der Waals surface area contributed by atoms with Crippen LogP contribution in [0.15, 0.2) is 0 Å². The van der Waals surface area contributed by atoms with Crippen molar-refractivity contribution in [1.29, 1.82) is 0 Å². The Balaban J connectivity index is -0.00000180. The first kappa shape index (κ1) is 21.4. The van der Waals surface area contributed by atoms with Crippen molar-refractivity contribution in [2.45, 2.75) is 0 Å². The molecule has 15 heteroatoms. The Bertz CT molecular complexity index is 479. The molecule has 0 aliphatic rings. The normalized spacial score (nSPS) is 9.52. The van der Waals surface area contributed by atoms with Crippen molar-refractivity contribution in [3.05, 3.63) is 0 Å². The van der Waals surface area contributed by atoms with Crippen molar-refractivity contribution < 1.29 is 93.2 Å². The van der Waals surface area contributed by atoms with Gasteiger partial charge < -0.3 is 30.3 Å². The molecule has 0 aromatic rings. The van der Waals surface area contributed by atoms with E-state index in [0.29, 0.717) is 0 Å². The van der Waals surface area contributed by atoms with Gasteiger partial charge in [-0.25, -0.2) is 28.8 Å². The third kappa shape index (κ3) is 7.41. The predicted molar refractivity (Wildman–Crippen MR) is 49.9 cm³/mol. The van der Waals surface area contributed by atoms with E-state index in [0.717, 1.165) is 0 Å². The van der Waals surface area contributed by atoms with Crippen molar-refractivity contribution in [3.8, 4) is 0 Å². The zero-order chi connectivity index (χ0) is 16.1. The zero-order valence-corrected chi connectivity index (χ0v) is 12.8. The molecular formula is C6H4NaO13P. The molecule has 0 fully saturated rings. The maximum absolute atomic E-state index is 11.4. The standard InChI is InChI=1S/C6H3O13P.Na.H/c7-1(8)4(13)17-20(16,18-5(14)2(9)10)19-6(15)3(11)12;;/h(H,7,8)(H,9,10)(H,11,12);;/q;+1;-1. The van der Waals surface area contributed by atoms with E-state index in [1.54, 1.807) is 0 Å². The van der Waals surface area contributed by atoms with Gasteiger partial charge in [0.15, 0.2) is 0 Å². The number of aliphatic carboxylic acids is 3. The van der Waals surface area contributed by atoms with Crippen LogP contribution in [0.5, 0.6) is 0 Å². The Morgan fingerprint density at radius 1 is 0.667 bits per heavy atom. The number of hydrogen-bond acceptors (Lipinski definition) is 10. The van der Waals surface area contributed by atoms with Gasteiger partial charge in [-0.3, -0.25) is 0 Å². The van der Waals surface area contributed by atoms with Crippen LogP contribution in [0.25, 0.3) is 0 Å². The molecule has 0 radical (unpaired) electrons. The number of hydrogen-bond donors (Lipinski definition) is 3. The second-order valence-corrected chi connectivity index (χ2v) is 3.94. The van der Waals surface area contributed by atoms with Gasteiger partial charge in [-0.05, 0) is 0 Å². The van der Waals surface area contributed by atoms with Crippen molar-refractivity contribution >= 4 is 43.6 Å². The average molecular weight is 338 g/mol. The molecule has 0 saturated heterocycles. The van der Waals surface area contributed by atoms with Gasteiger partial charge >= 0.3 is 73.2 Å². The van der Waals surface area contributed by atoms with Gasteiger partial charge in [-0.2, -0.15) is 4.57 Å². The third-order valence-electron chi connectivity index (χ3n) is 1.11. The molecule has 3 N–H and O–H groups in total. The maximum atomic E-state index is 11.4. The summed E-state index contributed by atoms with van der Waals surface area (Å²) in [6.07, 6.45) is 0. The Kier molecular flexibility index (Phi) is 8.50. The molecule has 112 valence electrons. The van der Waals surface area contributed by atoms with E-state index < -0.39 is 43.6 Å². The molecule has 0 bridgehead atoms. The summed E-state index contributed by atoms with van der Waals surface area (Å²) < 4.78 is 21.8. The number of carboxylic acids is 3. The molecule has 0 rings (SSSR count). The minimum Gasteiger partial charge on any atom is -1.00 e. The van der Waals surface area contributed by atoms with Crippen molar-refractivity contribution in [1.82, 2.24) is 0 Å². The molecular weight excluding hydrogens is 334 g/mol. The van der Waals surface area contributed by atoms with Gasteiger partial charge in [0.05, 0.1) is 0 Å². The minimum atomic E-state index is -5.74. The first-order valence-electron chi connectivity index (χ1n) is 3.99. The quantitative estimate of drug-likeness (QED) is 0.251. The Morgan fingerprint density at radius 3 is 1.00 bits per heavy atom.